The number of ether oxygens (including phenoxy) is 2. The second-order valence-corrected chi connectivity index (χ2v) is 8.87. The lowest BCUT2D eigenvalue weighted by Gasteiger charge is -2.20. The lowest BCUT2D eigenvalue weighted by molar-refractivity contribution is -0.140. The monoisotopic (exact) mass is 394 g/mol. The van der Waals surface area contributed by atoms with E-state index in [1.54, 1.807) is 12.1 Å². The Hall–Kier alpha value is -1.87. The van der Waals surface area contributed by atoms with Crippen LogP contribution < -0.4 is 4.74 Å². The van der Waals surface area contributed by atoms with Gasteiger partial charge in [0.05, 0.1) is 11.5 Å². The van der Waals surface area contributed by atoms with Gasteiger partial charge in [-0.2, -0.15) is 8.42 Å². The van der Waals surface area contributed by atoms with E-state index in [1.807, 2.05) is 7.85 Å². The Morgan fingerprint density at radius 2 is 2.00 bits per heavy atom. The number of esters is 2. The van der Waals surface area contributed by atoms with Crippen LogP contribution in [0.1, 0.15) is 41.6 Å². The average Bonchev–Trinajstić information content (AvgIpc) is 3.23. The standard InChI is InChI=1S/C18H23BO7S/c19-10-14-4-3-13(17(20)25-5-6-27(22,23)24)9-16(14)26-18(21)15-8-11-1-2-12(15)7-11/h3-4,9,11-12,15H,1-2,5-8,10,19H2,(H,22,23,24). The summed E-state index contributed by atoms with van der Waals surface area (Å²) >= 11 is 0. The van der Waals surface area contributed by atoms with E-state index in [0.717, 1.165) is 24.8 Å². The maximum atomic E-state index is 12.6. The van der Waals surface area contributed by atoms with Gasteiger partial charge in [0.2, 0.25) is 0 Å². The van der Waals surface area contributed by atoms with Crippen LogP contribution in [0.15, 0.2) is 18.2 Å². The van der Waals surface area contributed by atoms with Gasteiger partial charge in [-0.25, -0.2) is 4.79 Å². The minimum Gasteiger partial charge on any atom is -0.461 e. The van der Waals surface area contributed by atoms with Crippen LogP contribution in [-0.2, 0) is 26.0 Å². The molecule has 0 heterocycles. The minimum absolute atomic E-state index is 0.0705. The van der Waals surface area contributed by atoms with E-state index in [4.69, 9.17) is 14.0 Å². The molecule has 0 spiro atoms. The first-order valence-corrected chi connectivity index (χ1v) is 10.8. The van der Waals surface area contributed by atoms with Crippen molar-refractivity contribution in [3.8, 4) is 5.75 Å². The van der Waals surface area contributed by atoms with Crippen LogP contribution in [0.2, 0.25) is 0 Å². The van der Waals surface area contributed by atoms with E-state index in [2.05, 4.69) is 0 Å². The Bertz CT molecular complexity index is 836. The van der Waals surface area contributed by atoms with E-state index in [0.29, 0.717) is 23.9 Å². The highest BCUT2D eigenvalue weighted by molar-refractivity contribution is 7.85. The normalized spacial score (nSPS) is 24.0. The van der Waals surface area contributed by atoms with Gasteiger partial charge in [-0.3, -0.25) is 9.35 Å². The van der Waals surface area contributed by atoms with Crippen LogP contribution >= 0.6 is 0 Å². The first-order chi connectivity index (χ1) is 12.8. The van der Waals surface area contributed by atoms with Gasteiger partial charge < -0.3 is 9.47 Å². The highest BCUT2D eigenvalue weighted by Crippen LogP contribution is 2.48. The molecule has 27 heavy (non-hydrogen) atoms. The molecule has 1 aromatic rings. The van der Waals surface area contributed by atoms with Crippen LogP contribution in [-0.4, -0.2) is 45.1 Å². The number of carbonyl (C=O) groups excluding carboxylic acids is 2. The fourth-order valence-electron chi connectivity index (χ4n) is 4.11. The molecule has 1 aromatic carbocycles. The number of hydrogen-bond acceptors (Lipinski definition) is 6. The van der Waals surface area contributed by atoms with Gasteiger partial charge >= 0.3 is 11.9 Å². The van der Waals surface area contributed by atoms with E-state index in [9.17, 15) is 18.0 Å². The Kier molecular flexibility index (Phi) is 5.91. The van der Waals surface area contributed by atoms with Crippen molar-refractivity contribution in [3.63, 3.8) is 0 Å². The van der Waals surface area contributed by atoms with E-state index >= 15 is 0 Å². The molecule has 7 nitrogen and oxygen atoms in total. The topological polar surface area (TPSA) is 107 Å². The van der Waals surface area contributed by atoms with Crippen molar-refractivity contribution in [2.45, 2.75) is 32.0 Å². The Labute approximate surface area is 159 Å². The molecule has 0 aliphatic heterocycles. The van der Waals surface area contributed by atoms with E-state index < -0.39 is 28.4 Å². The summed E-state index contributed by atoms with van der Waals surface area (Å²) in [4.78, 5) is 24.7. The molecule has 0 aromatic heterocycles. The second kappa shape index (κ2) is 8.02. The summed E-state index contributed by atoms with van der Waals surface area (Å²) < 4.78 is 40.6. The number of benzene rings is 1. The zero-order valence-corrected chi connectivity index (χ0v) is 16.0. The predicted octanol–water partition coefficient (Wildman–Crippen LogP) is 1.21. The molecule has 0 amide bonds. The molecule has 2 saturated carbocycles. The van der Waals surface area contributed by atoms with Crippen molar-refractivity contribution in [2.75, 3.05) is 12.4 Å². The van der Waals surface area contributed by atoms with Crippen molar-refractivity contribution in [1.29, 1.82) is 0 Å². The largest absolute Gasteiger partial charge is 0.461 e. The SMILES string of the molecule is BCc1ccc(C(=O)OCCS(=O)(=O)O)cc1OC(=O)C1CC2CCC1C2. The highest BCUT2D eigenvalue weighted by atomic mass is 32.2. The summed E-state index contributed by atoms with van der Waals surface area (Å²) in [6.07, 6.45) is 4.88. The zero-order valence-electron chi connectivity index (χ0n) is 15.2. The lowest BCUT2D eigenvalue weighted by Crippen LogP contribution is -2.26. The quantitative estimate of drug-likeness (QED) is 0.321. The molecule has 3 atom stereocenters. The van der Waals surface area contributed by atoms with Crippen molar-refractivity contribution in [2.24, 2.45) is 17.8 Å². The van der Waals surface area contributed by atoms with Gasteiger partial charge in [0, 0.05) is 0 Å². The van der Waals surface area contributed by atoms with Crippen molar-refractivity contribution >= 4 is 29.9 Å². The number of carbonyl (C=O) groups is 2. The van der Waals surface area contributed by atoms with Gasteiger partial charge in [0.25, 0.3) is 10.1 Å². The van der Waals surface area contributed by atoms with Gasteiger partial charge in [0.1, 0.15) is 26.0 Å². The first-order valence-electron chi connectivity index (χ1n) is 9.23. The van der Waals surface area contributed by atoms with Crippen LogP contribution in [0.3, 0.4) is 0 Å². The molecule has 146 valence electrons. The molecular formula is C18H23BO7S. The molecular weight excluding hydrogens is 371 g/mol. The number of hydrogen-bond donors (Lipinski definition) is 1. The van der Waals surface area contributed by atoms with Gasteiger partial charge in [-0.05, 0) is 48.8 Å². The molecule has 0 saturated heterocycles. The molecule has 1 N–H and O–H groups in total. The summed E-state index contributed by atoms with van der Waals surface area (Å²) in [5.74, 6) is -0.346. The Morgan fingerprint density at radius 1 is 1.22 bits per heavy atom. The molecule has 2 fully saturated rings. The number of rotatable bonds is 7. The predicted molar refractivity (Wildman–Crippen MR) is 100.0 cm³/mol. The van der Waals surface area contributed by atoms with Crippen LogP contribution in [0.4, 0.5) is 0 Å². The minimum atomic E-state index is -4.20. The highest BCUT2D eigenvalue weighted by Gasteiger charge is 2.44. The third kappa shape index (κ3) is 4.90. The van der Waals surface area contributed by atoms with Crippen molar-refractivity contribution < 1.29 is 32.0 Å². The van der Waals surface area contributed by atoms with Crippen molar-refractivity contribution in [3.05, 3.63) is 29.3 Å². The molecule has 2 aliphatic carbocycles. The maximum Gasteiger partial charge on any atom is 0.338 e. The lowest BCUT2D eigenvalue weighted by atomic mass is 9.89. The summed E-state index contributed by atoms with van der Waals surface area (Å²) in [5, 5.41) is 0. The average molecular weight is 394 g/mol. The fourth-order valence-corrected chi connectivity index (χ4v) is 4.40. The maximum absolute atomic E-state index is 12.6. The smallest absolute Gasteiger partial charge is 0.338 e. The zero-order chi connectivity index (χ0) is 19.6. The Morgan fingerprint density at radius 3 is 2.59 bits per heavy atom. The summed E-state index contributed by atoms with van der Waals surface area (Å²) in [5.41, 5.74) is 0.972. The van der Waals surface area contributed by atoms with E-state index in [-0.39, 0.29) is 17.5 Å². The van der Waals surface area contributed by atoms with Crippen LogP contribution in [0.5, 0.6) is 5.75 Å². The summed E-state index contributed by atoms with van der Waals surface area (Å²) in [6, 6.07) is 4.70. The molecule has 9 heteroatoms. The van der Waals surface area contributed by atoms with Gasteiger partial charge in [-0.1, -0.05) is 18.8 Å². The molecule has 2 aliphatic rings. The molecule has 3 unspecified atom stereocenters. The Balaban J connectivity index is 1.68. The van der Waals surface area contributed by atoms with Crippen LogP contribution in [0.25, 0.3) is 0 Å². The van der Waals surface area contributed by atoms with Crippen molar-refractivity contribution in [1.82, 2.24) is 0 Å². The summed E-state index contributed by atoms with van der Waals surface area (Å²) in [6.45, 7) is -0.451. The second-order valence-electron chi connectivity index (χ2n) is 7.30. The molecule has 2 bridgehead atoms. The fraction of sp³-hybridized carbons (Fsp3) is 0.556. The third-order valence-electron chi connectivity index (χ3n) is 5.51. The van der Waals surface area contributed by atoms with Gasteiger partial charge in [-0.15, -0.1) is 0 Å². The van der Waals surface area contributed by atoms with E-state index in [1.165, 1.54) is 12.5 Å². The third-order valence-corrected chi connectivity index (χ3v) is 6.19. The summed E-state index contributed by atoms with van der Waals surface area (Å²) in [7, 11) is -2.27. The number of fused-ring (bicyclic) bond motifs is 2. The van der Waals surface area contributed by atoms with Gasteiger partial charge in [0.15, 0.2) is 0 Å². The van der Waals surface area contributed by atoms with Crippen LogP contribution in [0, 0.1) is 17.8 Å². The molecule has 0 radical (unpaired) electrons. The first kappa shape index (κ1) is 19.9. The molecule has 3 rings (SSSR count).